The van der Waals surface area contributed by atoms with E-state index in [9.17, 15) is 19.7 Å². The number of hydrogen-bond donors (Lipinski definition) is 2. The van der Waals surface area contributed by atoms with Crippen LogP contribution < -0.4 is 16.7 Å². The number of H-pyrrole nitrogens is 1. The van der Waals surface area contributed by atoms with Crippen molar-refractivity contribution in [2.45, 2.75) is 13.5 Å². The van der Waals surface area contributed by atoms with Gasteiger partial charge in [0.15, 0.2) is 11.2 Å². The number of rotatable bonds is 5. The van der Waals surface area contributed by atoms with E-state index in [0.29, 0.717) is 12.1 Å². The highest BCUT2D eigenvalue weighted by Crippen LogP contribution is 2.15. The Balaban J connectivity index is 1.97. The Kier molecular flexibility index (Phi) is 4.35. The number of aromatic nitrogens is 4. The van der Waals surface area contributed by atoms with Crippen LogP contribution in [0.15, 0.2) is 39.0 Å². The van der Waals surface area contributed by atoms with Crippen LogP contribution in [0.5, 0.6) is 0 Å². The van der Waals surface area contributed by atoms with Crippen LogP contribution in [0.4, 0.5) is 11.6 Å². The number of benzene rings is 1. The first kappa shape index (κ1) is 17.1. The van der Waals surface area contributed by atoms with E-state index in [2.05, 4.69) is 20.5 Å². The van der Waals surface area contributed by atoms with Crippen molar-refractivity contribution in [3.05, 3.63) is 60.8 Å². The fourth-order valence-electron chi connectivity index (χ4n) is 2.51. The maximum atomic E-state index is 12.1. The molecule has 3 aromatic rings. The summed E-state index contributed by atoms with van der Waals surface area (Å²) in [6.45, 7) is 2.24. The molecule has 0 fully saturated rings. The molecule has 0 aliphatic heterocycles. The molecule has 0 atom stereocenters. The predicted molar refractivity (Wildman–Crippen MR) is 95.6 cm³/mol. The van der Waals surface area contributed by atoms with Crippen LogP contribution in [-0.4, -0.2) is 30.2 Å². The fourth-order valence-corrected chi connectivity index (χ4v) is 2.51. The second kappa shape index (κ2) is 6.63. The first-order valence-corrected chi connectivity index (χ1v) is 7.65. The molecule has 2 N–H and O–H groups in total. The highest BCUT2D eigenvalue weighted by molar-refractivity contribution is 5.81. The van der Waals surface area contributed by atoms with Gasteiger partial charge in [-0.3, -0.25) is 24.5 Å². The molecule has 0 unspecified atom stereocenters. The van der Waals surface area contributed by atoms with Crippen LogP contribution in [0.25, 0.3) is 11.2 Å². The molecule has 134 valence electrons. The molecule has 1 aromatic carbocycles. The molecule has 0 radical (unpaired) electrons. The monoisotopic (exact) mass is 357 g/mol. The molecule has 11 nitrogen and oxygen atoms in total. The average molecular weight is 357 g/mol. The molecule has 2 heterocycles. The first-order chi connectivity index (χ1) is 12.4. The topological polar surface area (TPSA) is 140 Å². The van der Waals surface area contributed by atoms with Crippen LogP contribution in [0.3, 0.4) is 0 Å². The van der Waals surface area contributed by atoms with Crippen molar-refractivity contribution in [2.75, 3.05) is 5.43 Å². The Hall–Kier alpha value is -3.76. The van der Waals surface area contributed by atoms with Gasteiger partial charge in [0, 0.05) is 31.3 Å². The van der Waals surface area contributed by atoms with Crippen molar-refractivity contribution < 1.29 is 4.92 Å². The first-order valence-electron chi connectivity index (χ1n) is 7.65. The van der Waals surface area contributed by atoms with Gasteiger partial charge in [-0.2, -0.15) is 10.1 Å². The van der Waals surface area contributed by atoms with Gasteiger partial charge < -0.3 is 4.57 Å². The zero-order valence-electron chi connectivity index (χ0n) is 14.0. The molecule has 26 heavy (non-hydrogen) atoms. The molecule has 0 bridgehead atoms. The van der Waals surface area contributed by atoms with Crippen molar-refractivity contribution in [3.8, 4) is 0 Å². The van der Waals surface area contributed by atoms with Crippen LogP contribution in [0.1, 0.15) is 12.5 Å². The van der Waals surface area contributed by atoms with Crippen molar-refractivity contribution >= 4 is 29.0 Å². The normalized spacial score (nSPS) is 11.3. The minimum atomic E-state index is -0.560. The van der Waals surface area contributed by atoms with E-state index in [-0.39, 0.29) is 22.8 Å². The van der Waals surface area contributed by atoms with Crippen LogP contribution in [0, 0.1) is 10.1 Å². The van der Waals surface area contributed by atoms with Gasteiger partial charge in [-0.05, 0) is 6.92 Å². The minimum Gasteiger partial charge on any atom is -0.303 e. The van der Waals surface area contributed by atoms with E-state index < -0.39 is 16.2 Å². The summed E-state index contributed by atoms with van der Waals surface area (Å²) in [5, 5.41) is 14.8. The summed E-state index contributed by atoms with van der Waals surface area (Å²) in [4.78, 5) is 40.6. The summed E-state index contributed by atoms with van der Waals surface area (Å²) in [6.07, 6.45) is 1.40. The van der Waals surface area contributed by atoms with Gasteiger partial charge in [-0.15, -0.1) is 0 Å². The van der Waals surface area contributed by atoms with Crippen LogP contribution in [-0.2, 0) is 13.6 Å². The molecule has 2 aromatic heterocycles. The number of aromatic amines is 1. The number of hydrazone groups is 1. The lowest BCUT2D eigenvalue weighted by Gasteiger charge is -2.03. The van der Waals surface area contributed by atoms with Crippen molar-refractivity contribution in [3.63, 3.8) is 0 Å². The third-order valence-electron chi connectivity index (χ3n) is 3.78. The van der Waals surface area contributed by atoms with Crippen LogP contribution in [0.2, 0.25) is 0 Å². The second-order valence-electron chi connectivity index (χ2n) is 5.39. The average Bonchev–Trinajstić information content (AvgIpc) is 2.99. The van der Waals surface area contributed by atoms with E-state index in [1.165, 1.54) is 30.0 Å². The van der Waals surface area contributed by atoms with E-state index in [4.69, 9.17) is 0 Å². The molecule has 0 amide bonds. The van der Waals surface area contributed by atoms with Gasteiger partial charge in [0.05, 0.1) is 11.1 Å². The van der Waals surface area contributed by atoms with Gasteiger partial charge in [0.1, 0.15) is 0 Å². The summed E-state index contributed by atoms with van der Waals surface area (Å²) in [6, 6.07) is 5.97. The lowest BCUT2D eigenvalue weighted by molar-refractivity contribution is -0.384. The Morgan fingerprint density at radius 3 is 2.88 bits per heavy atom. The number of fused-ring (bicyclic) bond motifs is 1. The molecule has 0 saturated carbocycles. The zero-order chi connectivity index (χ0) is 18.8. The summed E-state index contributed by atoms with van der Waals surface area (Å²) < 4.78 is 2.82. The van der Waals surface area contributed by atoms with Gasteiger partial charge in [0.25, 0.3) is 11.2 Å². The summed E-state index contributed by atoms with van der Waals surface area (Å²) in [5.41, 5.74) is 2.58. The quantitative estimate of drug-likeness (QED) is 0.393. The second-order valence-corrected chi connectivity index (χ2v) is 5.39. The SMILES string of the molecule is CCn1c(N/N=C/c2cccc([N+](=O)[O-])c2)nc2c1c(=O)[nH]c(=O)n2C. The van der Waals surface area contributed by atoms with E-state index >= 15 is 0 Å². The number of nitrogens with zero attached hydrogens (tertiary/aromatic N) is 5. The predicted octanol–water partition coefficient (Wildman–Crippen LogP) is 0.797. The third kappa shape index (κ3) is 2.97. The Labute approximate surface area is 145 Å². The largest absolute Gasteiger partial charge is 0.329 e. The standard InChI is InChI=1S/C15H15N7O4/c1-3-21-11-12(20(2)15(24)18-13(11)23)17-14(21)19-16-8-9-5-4-6-10(7-9)22(25)26/h4-8H,3H2,1-2H3,(H,17,19)(H,18,23,24)/b16-8+. The third-order valence-corrected chi connectivity index (χ3v) is 3.78. The highest BCUT2D eigenvalue weighted by atomic mass is 16.6. The minimum absolute atomic E-state index is 0.0451. The molecular formula is C15H15N7O4. The molecule has 0 spiro atoms. The van der Waals surface area contributed by atoms with Crippen molar-refractivity contribution in [2.24, 2.45) is 12.1 Å². The Morgan fingerprint density at radius 1 is 1.42 bits per heavy atom. The zero-order valence-corrected chi connectivity index (χ0v) is 14.0. The lowest BCUT2D eigenvalue weighted by Crippen LogP contribution is -2.29. The lowest BCUT2D eigenvalue weighted by atomic mass is 10.2. The number of anilines is 1. The van der Waals surface area contributed by atoms with Gasteiger partial charge in [-0.25, -0.2) is 10.2 Å². The summed E-state index contributed by atoms with van der Waals surface area (Å²) >= 11 is 0. The molecular weight excluding hydrogens is 342 g/mol. The van der Waals surface area contributed by atoms with Gasteiger partial charge in [0.2, 0.25) is 5.95 Å². The maximum Gasteiger partial charge on any atom is 0.329 e. The number of imidazole rings is 1. The number of nitro benzene ring substituents is 1. The molecule has 0 aliphatic carbocycles. The van der Waals surface area contributed by atoms with E-state index in [0.717, 1.165) is 0 Å². The maximum absolute atomic E-state index is 12.1. The molecule has 0 aliphatic rings. The van der Waals surface area contributed by atoms with Gasteiger partial charge in [-0.1, -0.05) is 12.1 Å². The number of aryl methyl sites for hydroxylation is 2. The molecule has 11 heteroatoms. The highest BCUT2D eigenvalue weighted by Gasteiger charge is 2.15. The van der Waals surface area contributed by atoms with Crippen molar-refractivity contribution in [1.29, 1.82) is 0 Å². The summed E-state index contributed by atoms with van der Waals surface area (Å²) in [7, 11) is 1.50. The van der Waals surface area contributed by atoms with E-state index in [1.54, 1.807) is 16.7 Å². The smallest absolute Gasteiger partial charge is 0.303 e. The number of non-ortho nitro benzene ring substituents is 1. The number of nitrogens with one attached hydrogen (secondary N) is 2. The van der Waals surface area contributed by atoms with E-state index in [1.807, 2.05) is 6.92 Å². The summed E-state index contributed by atoms with van der Waals surface area (Å²) in [5.74, 6) is 0.274. The van der Waals surface area contributed by atoms with Crippen molar-refractivity contribution in [1.82, 2.24) is 19.1 Å². The molecule has 0 saturated heterocycles. The number of nitro groups is 1. The van der Waals surface area contributed by atoms with Crippen LogP contribution >= 0.6 is 0 Å². The molecule has 3 rings (SSSR count). The Morgan fingerprint density at radius 2 is 2.19 bits per heavy atom. The van der Waals surface area contributed by atoms with Gasteiger partial charge >= 0.3 is 5.69 Å². The Bertz CT molecular complexity index is 1140. The fraction of sp³-hybridized carbons (Fsp3) is 0.200. The number of hydrogen-bond acceptors (Lipinski definition) is 7.